The van der Waals surface area contributed by atoms with Gasteiger partial charge in [-0.05, 0) is 49.3 Å². The van der Waals surface area contributed by atoms with E-state index < -0.39 is 0 Å². The minimum Gasteiger partial charge on any atom is -0.351 e. The first kappa shape index (κ1) is 17.6. The fraction of sp³-hybridized carbons (Fsp3) is 0.158. The van der Waals surface area contributed by atoms with Crippen LogP contribution >= 0.6 is 28.1 Å². The van der Waals surface area contributed by atoms with Crippen molar-refractivity contribution in [1.29, 1.82) is 0 Å². The van der Waals surface area contributed by atoms with Gasteiger partial charge in [-0.1, -0.05) is 52.3 Å². The summed E-state index contributed by atoms with van der Waals surface area (Å²) in [4.78, 5) is 13.0. The molecule has 0 bridgehead atoms. The second kappa shape index (κ2) is 7.37. The summed E-state index contributed by atoms with van der Waals surface area (Å²) in [5.74, 6) is -0.157. The highest BCUT2D eigenvalue weighted by atomic mass is 79.9. The lowest BCUT2D eigenvalue weighted by atomic mass is 9.95. The van der Waals surface area contributed by atoms with Gasteiger partial charge in [-0.3, -0.25) is 4.79 Å². The maximum atomic E-state index is 13.0. The summed E-state index contributed by atoms with van der Waals surface area (Å²) in [5.41, 5.74) is 4.13. The number of carbonyl (C=O) groups is 1. The van der Waals surface area contributed by atoms with Gasteiger partial charge in [0.25, 0.3) is 5.91 Å². The summed E-state index contributed by atoms with van der Waals surface area (Å²) < 4.78 is 0.922. The first-order valence-corrected chi connectivity index (χ1v) is 9.07. The molecule has 3 N–H and O–H groups in total. The van der Waals surface area contributed by atoms with Crippen molar-refractivity contribution < 1.29 is 4.79 Å². The van der Waals surface area contributed by atoms with Crippen LogP contribution < -0.4 is 16.0 Å². The highest BCUT2D eigenvalue weighted by molar-refractivity contribution is 9.10. The maximum absolute atomic E-state index is 13.0. The number of carbonyl (C=O) groups excluding carboxylic acids is 1. The Kier molecular flexibility index (Phi) is 5.20. The molecule has 25 heavy (non-hydrogen) atoms. The van der Waals surface area contributed by atoms with Crippen molar-refractivity contribution in [3.8, 4) is 0 Å². The number of anilines is 1. The van der Waals surface area contributed by atoms with Crippen LogP contribution in [0.3, 0.4) is 0 Å². The number of allylic oxidation sites excluding steroid dienone is 1. The third kappa shape index (κ3) is 3.75. The molecule has 0 saturated heterocycles. The minimum atomic E-state index is -0.326. The van der Waals surface area contributed by atoms with Crippen LogP contribution in [-0.4, -0.2) is 11.0 Å². The summed E-state index contributed by atoms with van der Waals surface area (Å²) in [5, 5.41) is 9.77. The number of hydrogen-bond acceptors (Lipinski definition) is 2. The van der Waals surface area contributed by atoms with Crippen LogP contribution in [-0.2, 0) is 4.79 Å². The molecule has 0 aromatic heterocycles. The number of rotatable bonds is 3. The summed E-state index contributed by atoms with van der Waals surface area (Å²) in [7, 11) is 0. The normalized spacial score (nSPS) is 16.9. The standard InChI is InChI=1S/C19H18BrN3OS/c1-11-7-3-6-10-15(11)22-18(24)16-12(2)21-19(25)23-17(16)13-8-4-5-9-14(13)20/h3-10,17H,1-2H3,(H,22,24)(H2,21,23,25)/t17-/m0/s1. The van der Waals surface area contributed by atoms with Gasteiger partial charge >= 0.3 is 0 Å². The first-order chi connectivity index (χ1) is 12.0. The highest BCUT2D eigenvalue weighted by Crippen LogP contribution is 2.32. The van der Waals surface area contributed by atoms with E-state index in [2.05, 4.69) is 31.9 Å². The van der Waals surface area contributed by atoms with E-state index in [4.69, 9.17) is 12.2 Å². The van der Waals surface area contributed by atoms with Crippen LogP contribution in [0.2, 0.25) is 0 Å². The van der Waals surface area contributed by atoms with Crippen molar-refractivity contribution in [2.24, 2.45) is 0 Å². The molecule has 0 saturated carbocycles. The predicted octanol–water partition coefficient (Wildman–Crippen LogP) is 4.19. The maximum Gasteiger partial charge on any atom is 0.255 e. The van der Waals surface area contributed by atoms with Gasteiger partial charge in [-0.15, -0.1) is 0 Å². The van der Waals surface area contributed by atoms with Crippen molar-refractivity contribution in [1.82, 2.24) is 10.6 Å². The summed E-state index contributed by atoms with van der Waals surface area (Å²) in [6.07, 6.45) is 0. The molecule has 1 aliphatic heterocycles. The third-order valence-electron chi connectivity index (χ3n) is 4.12. The Morgan fingerprint density at radius 3 is 2.52 bits per heavy atom. The fourth-order valence-corrected chi connectivity index (χ4v) is 3.62. The minimum absolute atomic E-state index is 0.157. The van der Waals surface area contributed by atoms with Crippen LogP contribution in [0.25, 0.3) is 0 Å². The van der Waals surface area contributed by atoms with E-state index in [1.54, 1.807) is 0 Å². The number of aryl methyl sites for hydroxylation is 1. The van der Waals surface area contributed by atoms with E-state index in [-0.39, 0.29) is 11.9 Å². The van der Waals surface area contributed by atoms with Crippen molar-refractivity contribution in [2.75, 3.05) is 5.32 Å². The van der Waals surface area contributed by atoms with E-state index in [9.17, 15) is 4.79 Å². The number of halogens is 1. The van der Waals surface area contributed by atoms with Crippen molar-refractivity contribution in [3.63, 3.8) is 0 Å². The number of nitrogens with one attached hydrogen (secondary N) is 3. The van der Waals surface area contributed by atoms with Crippen molar-refractivity contribution >= 4 is 44.9 Å². The fourth-order valence-electron chi connectivity index (χ4n) is 2.84. The van der Waals surface area contributed by atoms with Gasteiger partial charge < -0.3 is 16.0 Å². The van der Waals surface area contributed by atoms with E-state index in [1.807, 2.05) is 62.4 Å². The lowest BCUT2D eigenvalue weighted by molar-refractivity contribution is -0.113. The molecule has 128 valence electrons. The smallest absolute Gasteiger partial charge is 0.255 e. The second-order valence-electron chi connectivity index (χ2n) is 5.86. The van der Waals surface area contributed by atoms with Crippen molar-refractivity contribution in [3.05, 3.63) is 75.4 Å². The zero-order valence-corrected chi connectivity index (χ0v) is 16.3. The zero-order chi connectivity index (χ0) is 18.0. The van der Waals surface area contributed by atoms with Gasteiger partial charge in [0.2, 0.25) is 0 Å². The molecule has 1 aliphatic rings. The van der Waals surface area contributed by atoms with E-state index in [1.165, 1.54) is 0 Å². The molecular formula is C19H18BrN3OS. The molecule has 1 heterocycles. The van der Waals surface area contributed by atoms with Gasteiger partial charge in [0.1, 0.15) is 0 Å². The molecule has 0 aliphatic carbocycles. The number of hydrogen-bond donors (Lipinski definition) is 3. The first-order valence-electron chi connectivity index (χ1n) is 7.87. The lowest BCUT2D eigenvalue weighted by Crippen LogP contribution is -2.45. The van der Waals surface area contributed by atoms with E-state index in [0.29, 0.717) is 10.7 Å². The summed E-state index contributed by atoms with van der Waals surface area (Å²) >= 11 is 8.86. The van der Waals surface area contributed by atoms with E-state index >= 15 is 0 Å². The monoisotopic (exact) mass is 415 g/mol. The van der Waals surface area contributed by atoms with Gasteiger partial charge in [0.05, 0.1) is 11.6 Å². The number of benzene rings is 2. The Morgan fingerprint density at radius 2 is 1.80 bits per heavy atom. The van der Waals surface area contributed by atoms with E-state index in [0.717, 1.165) is 27.0 Å². The second-order valence-corrected chi connectivity index (χ2v) is 7.12. The highest BCUT2D eigenvalue weighted by Gasteiger charge is 2.31. The average Bonchev–Trinajstić information content (AvgIpc) is 2.56. The molecule has 1 atom stereocenters. The van der Waals surface area contributed by atoms with Crippen LogP contribution in [0.4, 0.5) is 5.69 Å². The molecule has 1 amide bonds. The molecule has 2 aromatic rings. The molecular weight excluding hydrogens is 398 g/mol. The molecule has 0 fully saturated rings. The molecule has 0 spiro atoms. The Bertz CT molecular complexity index is 878. The SMILES string of the molecule is CC1=C(C(=O)Nc2ccccc2C)[C@H](c2ccccc2Br)NC(=S)N1. The van der Waals surface area contributed by atoms with Crippen LogP contribution in [0.15, 0.2) is 64.3 Å². The molecule has 3 rings (SSSR count). The Balaban J connectivity index is 1.99. The van der Waals surface area contributed by atoms with Crippen LogP contribution in [0, 0.1) is 6.92 Å². The van der Waals surface area contributed by atoms with Crippen LogP contribution in [0.1, 0.15) is 24.1 Å². The van der Waals surface area contributed by atoms with Crippen LogP contribution in [0.5, 0.6) is 0 Å². The lowest BCUT2D eigenvalue weighted by Gasteiger charge is -2.31. The number of para-hydroxylation sites is 1. The molecule has 0 unspecified atom stereocenters. The van der Waals surface area contributed by atoms with Gasteiger partial charge in [0, 0.05) is 15.9 Å². The topological polar surface area (TPSA) is 53.2 Å². The van der Waals surface area contributed by atoms with Gasteiger partial charge in [0.15, 0.2) is 5.11 Å². The van der Waals surface area contributed by atoms with Crippen molar-refractivity contribution in [2.45, 2.75) is 19.9 Å². The molecule has 6 heteroatoms. The predicted molar refractivity (Wildman–Crippen MR) is 108 cm³/mol. The Labute approximate surface area is 160 Å². The molecule has 0 radical (unpaired) electrons. The summed E-state index contributed by atoms with van der Waals surface area (Å²) in [6, 6.07) is 15.2. The molecule has 4 nitrogen and oxygen atoms in total. The zero-order valence-electron chi connectivity index (χ0n) is 13.9. The quantitative estimate of drug-likeness (QED) is 0.657. The number of amides is 1. The largest absolute Gasteiger partial charge is 0.351 e. The number of thiocarbonyl (C=S) groups is 1. The Morgan fingerprint density at radius 1 is 1.12 bits per heavy atom. The van der Waals surface area contributed by atoms with Gasteiger partial charge in [-0.25, -0.2) is 0 Å². The Hall–Kier alpha value is -2.18. The molecule has 2 aromatic carbocycles. The van der Waals surface area contributed by atoms with Gasteiger partial charge in [-0.2, -0.15) is 0 Å². The third-order valence-corrected chi connectivity index (χ3v) is 5.07. The summed E-state index contributed by atoms with van der Waals surface area (Å²) in [6.45, 7) is 3.83. The average molecular weight is 416 g/mol.